The zero-order chi connectivity index (χ0) is 20.8. The normalized spacial score (nSPS) is 12.7. The Kier molecular flexibility index (Phi) is 7.32. The Morgan fingerprint density at radius 2 is 1.78 bits per heavy atom. The minimum Gasteiger partial charge on any atom is -0.444 e. The molecule has 10 heteroatoms. The molecule has 3 N–H and O–H groups in total. The summed E-state index contributed by atoms with van der Waals surface area (Å²) >= 11 is 0. The number of carbonyl (C=O) groups is 2. The van der Waals surface area contributed by atoms with Crippen LogP contribution in [0.1, 0.15) is 34.6 Å². The lowest BCUT2D eigenvalue weighted by atomic mass is 10.2. The highest BCUT2D eigenvalue weighted by molar-refractivity contribution is 5.99. The van der Waals surface area contributed by atoms with Gasteiger partial charge in [-0.1, -0.05) is 0 Å². The first-order chi connectivity index (χ1) is 12.3. The molecule has 0 saturated heterocycles. The number of alkyl carbamates (subject to hydrolysis) is 1. The van der Waals surface area contributed by atoms with Crippen molar-refractivity contribution in [3.63, 3.8) is 0 Å². The van der Waals surface area contributed by atoms with Crippen LogP contribution in [0.4, 0.5) is 29.3 Å². The van der Waals surface area contributed by atoms with Gasteiger partial charge in [-0.15, -0.1) is 13.2 Å². The van der Waals surface area contributed by atoms with Gasteiger partial charge >= 0.3 is 12.5 Å². The second-order valence-electron chi connectivity index (χ2n) is 6.64. The number of nitrogens with one attached hydrogen (secondary N) is 3. The average Bonchev–Trinajstić information content (AvgIpc) is 2.46. The van der Waals surface area contributed by atoms with Gasteiger partial charge in [0.1, 0.15) is 17.4 Å². The van der Waals surface area contributed by atoms with Gasteiger partial charge in [0.05, 0.1) is 11.4 Å². The second-order valence-corrected chi connectivity index (χ2v) is 6.64. The fraction of sp³-hybridized carbons (Fsp3) is 0.529. The Bertz CT molecular complexity index is 672. The van der Waals surface area contributed by atoms with Crippen molar-refractivity contribution >= 4 is 23.4 Å². The third kappa shape index (κ3) is 8.52. The lowest BCUT2D eigenvalue weighted by Crippen LogP contribution is -2.44. The molecule has 1 aromatic rings. The van der Waals surface area contributed by atoms with Crippen molar-refractivity contribution in [2.75, 3.05) is 17.2 Å². The zero-order valence-electron chi connectivity index (χ0n) is 15.8. The van der Waals surface area contributed by atoms with Crippen LogP contribution in [0, 0.1) is 0 Å². The summed E-state index contributed by atoms with van der Waals surface area (Å²) in [6.45, 7) is 8.71. The van der Waals surface area contributed by atoms with Gasteiger partial charge < -0.3 is 25.4 Å². The SMILES string of the molecule is CCNc1ccc(OC(F)(F)F)cc1NC(=O)C(C)NC(=O)OC(C)(C)C. The fourth-order valence-corrected chi connectivity index (χ4v) is 1.96. The molecule has 2 amide bonds. The molecular formula is C17H24F3N3O4. The lowest BCUT2D eigenvalue weighted by molar-refractivity contribution is -0.274. The number of carbonyl (C=O) groups excluding carboxylic acids is 2. The molecule has 0 aliphatic heterocycles. The van der Waals surface area contributed by atoms with Crippen LogP contribution in [0.15, 0.2) is 18.2 Å². The van der Waals surface area contributed by atoms with Crippen LogP contribution in [-0.4, -0.2) is 36.6 Å². The van der Waals surface area contributed by atoms with Gasteiger partial charge in [-0.05, 0) is 46.8 Å². The van der Waals surface area contributed by atoms with Crippen molar-refractivity contribution in [2.24, 2.45) is 0 Å². The summed E-state index contributed by atoms with van der Waals surface area (Å²) < 4.78 is 46.1. The lowest BCUT2D eigenvalue weighted by Gasteiger charge is -2.22. The second kappa shape index (κ2) is 8.83. The van der Waals surface area contributed by atoms with Crippen molar-refractivity contribution in [1.82, 2.24) is 5.32 Å². The Labute approximate surface area is 155 Å². The van der Waals surface area contributed by atoms with E-state index < -0.39 is 35.8 Å². The summed E-state index contributed by atoms with van der Waals surface area (Å²) in [5, 5.41) is 7.75. The van der Waals surface area contributed by atoms with Crippen LogP contribution in [0.5, 0.6) is 5.75 Å². The van der Waals surface area contributed by atoms with E-state index in [9.17, 15) is 22.8 Å². The number of anilines is 2. The van der Waals surface area contributed by atoms with E-state index in [0.717, 1.165) is 12.1 Å². The monoisotopic (exact) mass is 391 g/mol. The third-order valence-electron chi connectivity index (χ3n) is 2.98. The molecule has 27 heavy (non-hydrogen) atoms. The van der Waals surface area contributed by atoms with E-state index in [1.807, 2.05) is 0 Å². The highest BCUT2D eigenvalue weighted by Gasteiger charge is 2.31. The van der Waals surface area contributed by atoms with Crippen LogP contribution in [0.3, 0.4) is 0 Å². The highest BCUT2D eigenvalue weighted by Crippen LogP contribution is 2.30. The molecule has 1 atom stereocenters. The molecule has 1 unspecified atom stereocenters. The van der Waals surface area contributed by atoms with Crippen molar-refractivity contribution in [3.05, 3.63) is 18.2 Å². The van der Waals surface area contributed by atoms with E-state index in [1.165, 1.54) is 13.0 Å². The number of hydrogen-bond donors (Lipinski definition) is 3. The number of ether oxygens (including phenoxy) is 2. The van der Waals surface area contributed by atoms with E-state index in [2.05, 4.69) is 20.7 Å². The smallest absolute Gasteiger partial charge is 0.444 e. The van der Waals surface area contributed by atoms with Crippen LogP contribution >= 0.6 is 0 Å². The summed E-state index contributed by atoms with van der Waals surface area (Å²) in [4.78, 5) is 24.0. The highest BCUT2D eigenvalue weighted by atomic mass is 19.4. The van der Waals surface area contributed by atoms with Gasteiger partial charge in [-0.25, -0.2) is 4.79 Å². The average molecular weight is 391 g/mol. The van der Waals surface area contributed by atoms with E-state index in [1.54, 1.807) is 27.7 Å². The molecule has 0 heterocycles. The first kappa shape index (κ1) is 22.4. The largest absolute Gasteiger partial charge is 0.573 e. The van der Waals surface area contributed by atoms with E-state index in [-0.39, 0.29) is 5.69 Å². The first-order valence-electron chi connectivity index (χ1n) is 8.25. The molecule has 152 valence electrons. The predicted octanol–water partition coefficient (Wildman–Crippen LogP) is 3.87. The van der Waals surface area contributed by atoms with Crippen molar-refractivity contribution < 1.29 is 32.2 Å². The number of halogens is 3. The molecule has 0 radical (unpaired) electrons. The van der Waals surface area contributed by atoms with Crippen LogP contribution in [-0.2, 0) is 9.53 Å². The Balaban J connectivity index is 2.88. The third-order valence-corrected chi connectivity index (χ3v) is 2.98. The topological polar surface area (TPSA) is 88.7 Å². The number of alkyl halides is 3. The molecular weight excluding hydrogens is 367 g/mol. The fourth-order valence-electron chi connectivity index (χ4n) is 1.96. The molecule has 0 bridgehead atoms. The molecule has 0 fully saturated rings. The summed E-state index contributed by atoms with van der Waals surface area (Å²) in [7, 11) is 0. The maximum Gasteiger partial charge on any atom is 0.573 e. The van der Waals surface area contributed by atoms with Gasteiger partial charge in [0.25, 0.3) is 0 Å². The number of hydrogen-bond acceptors (Lipinski definition) is 5. The van der Waals surface area contributed by atoms with Gasteiger partial charge in [0.2, 0.25) is 5.91 Å². The molecule has 1 aromatic carbocycles. The Morgan fingerprint density at radius 3 is 2.30 bits per heavy atom. The Morgan fingerprint density at radius 1 is 1.15 bits per heavy atom. The van der Waals surface area contributed by atoms with Crippen molar-refractivity contribution in [3.8, 4) is 5.75 Å². The van der Waals surface area contributed by atoms with Crippen molar-refractivity contribution in [2.45, 2.75) is 52.6 Å². The number of rotatable bonds is 6. The molecule has 0 aromatic heterocycles. The molecule has 0 aliphatic rings. The summed E-state index contributed by atoms with van der Waals surface area (Å²) in [6, 6.07) is 2.54. The van der Waals surface area contributed by atoms with E-state index in [4.69, 9.17) is 4.74 Å². The van der Waals surface area contributed by atoms with Gasteiger partial charge in [0.15, 0.2) is 0 Å². The summed E-state index contributed by atoms with van der Waals surface area (Å²) in [6.07, 6.45) is -5.64. The number of amides is 2. The predicted molar refractivity (Wildman–Crippen MR) is 94.8 cm³/mol. The maximum atomic E-state index is 12.4. The molecule has 7 nitrogen and oxygen atoms in total. The number of benzene rings is 1. The minimum atomic E-state index is -4.85. The van der Waals surface area contributed by atoms with E-state index in [0.29, 0.717) is 12.2 Å². The van der Waals surface area contributed by atoms with Crippen LogP contribution in [0.2, 0.25) is 0 Å². The minimum absolute atomic E-state index is 0.0847. The molecule has 0 spiro atoms. The van der Waals surface area contributed by atoms with E-state index >= 15 is 0 Å². The summed E-state index contributed by atoms with van der Waals surface area (Å²) in [5.74, 6) is -1.11. The van der Waals surface area contributed by atoms with Gasteiger partial charge in [0, 0.05) is 12.6 Å². The first-order valence-corrected chi connectivity index (χ1v) is 8.25. The molecule has 0 aliphatic carbocycles. The zero-order valence-corrected chi connectivity index (χ0v) is 15.8. The Hall–Kier alpha value is -2.65. The summed E-state index contributed by atoms with van der Waals surface area (Å²) in [5.41, 5.74) is -0.242. The van der Waals surface area contributed by atoms with Gasteiger partial charge in [-0.2, -0.15) is 0 Å². The van der Waals surface area contributed by atoms with Crippen LogP contribution < -0.4 is 20.7 Å². The quantitative estimate of drug-likeness (QED) is 0.685. The molecule has 1 rings (SSSR count). The standard InChI is InChI=1S/C17H24F3N3O4/c1-6-21-12-8-7-11(26-17(18,19)20)9-13(12)23-14(24)10(2)22-15(25)27-16(3,4)5/h7-10,21H,6H2,1-5H3,(H,22,25)(H,23,24). The van der Waals surface area contributed by atoms with Gasteiger partial charge in [-0.3, -0.25) is 4.79 Å². The maximum absolute atomic E-state index is 12.4. The van der Waals surface area contributed by atoms with Crippen LogP contribution in [0.25, 0.3) is 0 Å². The molecule has 0 saturated carbocycles. The van der Waals surface area contributed by atoms with Crippen molar-refractivity contribution in [1.29, 1.82) is 0 Å².